The van der Waals surface area contributed by atoms with Crippen LogP contribution in [0.3, 0.4) is 0 Å². The van der Waals surface area contributed by atoms with E-state index in [1.165, 1.54) is 0 Å². The van der Waals surface area contributed by atoms with E-state index in [1.807, 2.05) is 66.7 Å². The van der Waals surface area contributed by atoms with Crippen molar-refractivity contribution in [2.24, 2.45) is 0 Å². The summed E-state index contributed by atoms with van der Waals surface area (Å²) in [6.07, 6.45) is 5.82. The van der Waals surface area contributed by atoms with Crippen molar-refractivity contribution in [3.05, 3.63) is 71.8 Å². The maximum atomic E-state index is 12.7. The average Bonchev–Trinajstić information content (AvgIpc) is 2.67. The Balaban J connectivity index is 2.42. The van der Waals surface area contributed by atoms with E-state index in [2.05, 4.69) is 6.58 Å². The maximum Gasteiger partial charge on any atom is 0.185 e. The minimum atomic E-state index is -0.380. The van der Waals surface area contributed by atoms with Gasteiger partial charge in [0.15, 0.2) is 5.78 Å². The zero-order valence-electron chi connectivity index (χ0n) is 20.5. The van der Waals surface area contributed by atoms with Gasteiger partial charge in [-0.1, -0.05) is 12.2 Å². The van der Waals surface area contributed by atoms with E-state index in [-0.39, 0.29) is 17.0 Å². The zero-order chi connectivity index (χ0) is 23.9. The topological polar surface area (TPSA) is 44.8 Å². The second-order valence-electron chi connectivity index (χ2n) is 9.57. The first-order valence-electron chi connectivity index (χ1n) is 11.0. The van der Waals surface area contributed by atoms with Gasteiger partial charge in [-0.15, -0.1) is 6.58 Å². The number of hydrogen-bond donors (Lipinski definition) is 0. The van der Waals surface area contributed by atoms with Crippen molar-refractivity contribution in [1.82, 2.24) is 0 Å². The molecule has 2 aromatic rings. The van der Waals surface area contributed by atoms with Crippen molar-refractivity contribution in [3.63, 3.8) is 0 Å². The van der Waals surface area contributed by atoms with Crippen LogP contribution < -0.4 is 14.2 Å². The summed E-state index contributed by atoms with van der Waals surface area (Å²) in [7, 11) is 0. The van der Waals surface area contributed by atoms with Crippen LogP contribution in [0.4, 0.5) is 0 Å². The van der Waals surface area contributed by atoms with Crippen LogP contribution in [0.25, 0.3) is 6.08 Å². The van der Waals surface area contributed by atoms with Crippen molar-refractivity contribution in [2.45, 2.75) is 66.1 Å². The van der Waals surface area contributed by atoms with Crippen LogP contribution >= 0.6 is 0 Å². The largest absolute Gasteiger partial charge is 0.494 e. The fourth-order valence-electron chi connectivity index (χ4n) is 3.07. The first-order valence-corrected chi connectivity index (χ1v) is 11.0. The molecule has 4 nitrogen and oxygen atoms in total. The Bertz CT molecular complexity index is 917. The van der Waals surface area contributed by atoms with Crippen molar-refractivity contribution < 1.29 is 19.0 Å². The van der Waals surface area contributed by atoms with Gasteiger partial charge in [0.25, 0.3) is 0 Å². The molecule has 4 heteroatoms. The fraction of sp³-hybridized carbons (Fsp3) is 0.393. The van der Waals surface area contributed by atoms with Crippen LogP contribution in [0.5, 0.6) is 17.2 Å². The van der Waals surface area contributed by atoms with Crippen LogP contribution in [-0.4, -0.2) is 23.6 Å². The van der Waals surface area contributed by atoms with Gasteiger partial charge in [0, 0.05) is 11.1 Å². The summed E-state index contributed by atoms with van der Waals surface area (Å²) < 4.78 is 17.9. The molecule has 0 aromatic heterocycles. The Morgan fingerprint density at radius 2 is 1.47 bits per heavy atom. The Labute approximate surface area is 192 Å². The van der Waals surface area contributed by atoms with Gasteiger partial charge in [0.1, 0.15) is 28.5 Å². The Hall–Kier alpha value is -3.01. The van der Waals surface area contributed by atoms with Crippen LogP contribution in [0.1, 0.15) is 70.0 Å². The van der Waals surface area contributed by atoms with Crippen molar-refractivity contribution in [1.29, 1.82) is 0 Å². The summed E-state index contributed by atoms with van der Waals surface area (Å²) in [5, 5.41) is 0. The monoisotopic (exact) mass is 436 g/mol. The first kappa shape index (κ1) is 25.3. The van der Waals surface area contributed by atoms with Gasteiger partial charge in [-0.2, -0.15) is 0 Å². The van der Waals surface area contributed by atoms with E-state index in [0.717, 1.165) is 28.4 Å². The Morgan fingerprint density at radius 3 is 1.91 bits per heavy atom. The Kier molecular flexibility index (Phi) is 8.31. The normalized spacial score (nSPS) is 12.0. The number of carbonyl (C=O) groups is 1. The van der Waals surface area contributed by atoms with E-state index in [4.69, 9.17) is 14.2 Å². The third-order valence-electron chi connectivity index (χ3n) is 4.25. The third-order valence-corrected chi connectivity index (χ3v) is 4.25. The van der Waals surface area contributed by atoms with Crippen molar-refractivity contribution >= 4 is 11.9 Å². The molecule has 0 unspecified atom stereocenters. The molecule has 0 spiro atoms. The van der Waals surface area contributed by atoms with E-state index < -0.39 is 0 Å². The molecule has 0 amide bonds. The van der Waals surface area contributed by atoms with Gasteiger partial charge < -0.3 is 14.2 Å². The molecular formula is C28H36O4. The number of benzene rings is 2. The predicted octanol–water partition coefficient (Wildman–Crippen LogP) is 7.06. The van der Waals surface area contributed by atoms with Crippen LogP contribution in [-0.2, 0) is 6.42 Å². The number of carbonyl (C=O) groups excluding carboxylic acids is 1. The molecule has 0 N–H and O–H groups in total. The van der Waals surface area contributed by atoms with Gasteiger partial charge >= 0.3 is 0 Å². The van der Waals surface area contributed by atoms with E-state index in [1.54, 1.807) is 36.4 Å². The number of allylic oxidation sites excluding steroid dienone is 2. The molecule has 0 saturated carbocycles. The molecule has 32 heavy (non-hydrogen) atoms. The van der Waals surface area contributed by atoms with Gasteiger partial charge in [0.05, 0.1) is 6.61 Å². The molecule has 0 fully saturated rings. The summed E-state index contributed by atoms with van der Waals surface area (Å²) in [6.45, 7) is 18.4. The standard InChI is InChI=1S/C28H36O4/c1-9-11-23-25(31-27(3,4)5)18-20(19-26(23)32-28(6,7)8)12-17-24(29)21-13-15-22(16-14-21)30-10-2/h9,12-19H,1,10-11H2,2-8H3. The minimum absolute atomic E-state index is 0.0835. The summed E-state index contributed by atoms with van der Waals surface area (Å²) in [5.41, 5.74) is 1.62. The number of hydrogen-bond acceptors (Lipinski definition) is 4. The summed E-state index contributed by atoms with van der Waals surface area (Å²) in [6, 6.07) is 11.0. The predicted molar refractivity (Wildman–Crippen MR) is 132 cm³/mol. The van der Waals surface area contributed by atoms with Gasteiger partial charge in [-0.3, -0.25) is 4.79 Å². The number of rotatable bonds is 9. The highest BCUT2D eigenvalue weighted by Crippen LogP contribution is 2.36. The lowest BCUT2D eigenvalue weighted by Crippen LogP contribution is -2.26. The molecule has 172 valence electrons. The summed E-state index contributed by atoms with van der Waals surface area (Å²) in [4.78, 5) is 12.7. The van der Waals surface area contributed by atoms with Gasteiger partial charge in [-0.25, -0.2) is 0 Å². The molecule has 0 radical (unpaired) electrons. The summed E-state index contributed by atoms with van der Waals surface area (Å²) >= 11 is 0. The van der Waals surface area contributed by atoms with Gasteiger partial charge in [-0.05, 0) is 103 Å². The van der Waals surface area contributed by atoms with Crippen LogP contribution in [0, 0.1) is 0 Å². The quantitative estimate of drug-likeness (QED) is 0.240. The third kappa shape index (κ3) is 7.92. The Morgan fingerprint density at radius 1 is 0.938 bits per heavy atom. The molecule has 2 rings (SSSR count). The highest BCUT2D eigenvalue weighted by molar-refractivity contribution is 6.06. The second-order valence-corrected chi connectivity index (χ2v) is 9.57. The van der Waals surface area contributed by atoms with Crippen molar-refractivity contribution in [3.8, 4) is 17.2 Å². The minimum Gasteiger partial charge on any atom is -0.494 e. The lowest BCUT2D eigenvalue weighted by atomic mass is 10.0. The SMILES string of the molecule is C=CCc1c(OC(C)(C)C)cc(C=CC(=O)c2ccc(OCC)cc2)cc1OC(C)(C)C. The van der Waals surface area contributed by atoms with Crippen LogP contribution in [0.2, 0.25) is 0 Å². The molecule has 2 aromatic carbocycles. The molecule has 0 aliphatic carbocycles. The molecule has 0 heterocycles. The fourth-order valence-corrected chi connectivity index (χ4v) is 3.07. The van der Waals surface area contributed by atoms with E-state index in [9.17, 15) is 4.79 Å². The highest BCUT2D eigenvalue weighted by Gasteiger charge is 2.21. The van der Waals surface area contributed by atoms with Crippen LogP contribution in [0.15, 0.2) is 55.1 Å². The molecule has 0 atom stereocenters. The molecular weight excluding hydrogens is 400 g/mol. The molecule has 0 aliphatic heterocycles. The lowest BCUT2D eigenvalue weighted by Gasteiger charge is -2.28. The molecule has 0 saturated heterocycles. The first-order chi connectivity index (χ1) is 14.9. The molecule has 0 bridgehead atoms. The lowest BCUT2D eigenvalue weighted by molar-refractivity contribution is 0.104. The number of ether oxygens (including phenoxy) is 3. The smallest absolute Gasteiger partial charge is 0.185 e. The molecule has 0 aliphatic rings. The zero-order valence-corrected chi connectivity index (χ0v) is 20.5. The summed E-state index contributed by atoms with van der Waals surface area (Å²) in [5.74, 6) is 2.12. The maximum absolute atomic E-state index is 12.7. The average molecular weight is 437 g/mol. The van der Waals surface area contributed by atoms with E-state index >= 15 is 0 Å². The highest BCUT2D eigenvalue weighted by atomic mass is 16.5. The van der Waals surface area contributed by atoms with E-state index in [0.29, 0.717) is 18.6 Å². The number of ketones is 1. The van der Waals surface area contributed by atoms with Crippen molar-refractivity contribution in [2.75, 3.05) is 6.61 Å². The van der Waals surface area contributed by atoms with Gasteiger partial charge in [0.2, 0.25) is 0 Å². The second kappa shape index (κ2) is 10.5.